The quantitative estimate of drug-likeness (QED) is 0.506. The van der Waals surface area contributed by atoms with Crippen molar-refractivity contribution in [1.29, 1.82) is 0 Å². The molecule has 2 aliphatic rings. The third-order valence-corrected chi connectivity index (χ3v) is 3.46. The van der Waals surface area contributed by atoms with Crippen molar-refractivity contribution in [2.45, 2.75) is 32.1 Å². The molecule has 74 valence electrons. The lowest BCUT2D eigenvalue weighted by molar-refractivity contribution is 0.314. The van der Waals surface area contributed by atoms with Gasteiger partial charge in [-0.1, -0.05) is 5.16 Å². The normalized spacial score (nSPS) is 32.2. The van der Waals surface area contributed by atoms with E-state index in [4.69, 9.17) is 9.62 Å². The van der Waals surface area contributed by atoms with Gasteiger partial charge in [-0.15, -0.1) is 0 Å². The molecular formula is C11H13NO2. The molecule has 0 saturated heterocycles. The van der Waals surface area contributed by atoms with Crippen molar-refractivity contribution in [2.75, 3.05) is 0 Å². The predicted octanol–water partition coefficient (Wildman–Crippen LogP) is 2.66. The summed E-state index contributed by atoms with van der Waals surface area (Å²) in [4.78, 5) is 0. The average molecular weight is 191 g/mol. The number of fused-ring (bicyclic) bond motifs is 4. The van der Waals surface area contributed by atoms with Gasteiger partial charge in [-0.3, -0.25) is 0 Å². The topological polar surface area (TPSA) is 45.7 Å². The minimum absolute atomic E-state index is 0.453. The van der Waals surface area contributed by atoms with E-state index in [-0.39, 0.29) is 0 Å². The molecule has 0 amide bonds. The zero-order valence-electron chi connectivity index (χ0n) is 8.16. The maximum absolute atomic E-state index is 9.01. The van der Waals surface area contributed by atoms with E-state index in [0.717, 1.165) is 35.6 Å². The van der Waals surface area contributed by atoms with Gasteiger partial charge in [0.1, 0.15) is 11.5 Å². The van der Waals surface area contributed by atoms with Gasteiger partial charge in [0, 0.05) is 17.4 Å². The van der Waals surface area contributed by atoms with Gasteiger partial charge in [-0.25, -0.2) is 0 Å². The molecule has 2 atom stereocenters. The summed E-state index contributed by atoms with van der Waals surface area (Å²) >= 11 is 0. The first-order chi connectivity index (χ1) is 6.79. The van der Waals surface area contributed by atoms with Crippen LogP contribution in [-0.2, 0) is 0 Å². The van der Waals surface area contributed by atoms with Crippen molar-refractivity contribution < 1.29 is 9.62 Å². The molecular weight excluding hydrogens is 178 g/mol. The molecule has 2 unspecified atom stereocenters. The van der Waals surface area contributed by atoms with Crippen LogP contribution >= 0.6 is 0 Å². The summed E-state index contributed by atoms with van der Waals surface area (Å²) in [6.45, 7) is 1.95. The Labute approximate surface area is 82.4 Å². The molecule has 1 fully saturated rings. The minimum Gasteiger partial charge on any atom is -0.465 e. The van der Waals surface area contributed by atoms with Crippen molar-refractivity contribution in [3.63, 3.8) is 0 Å². The Hall–Kier alpha value is -1.25. The first-order valence-electron chi connectivity index (χ1n) is 5.12. The maximum atomic E-state index is 9.01. The Morgan fingerprint density at radius 3 is 3.00 bits per heavy atom. The molecule has 0 aromatic carbocycles. The molecule has 3 heteroatoms. The average Bonchev–Trinajstić information content (AvgIpc) is 2.73. The number of oxime groups is 1. The fourth-order valence-corrected chi connectivity index (χ4v) is 2.86. The van der Waals surface area contributed by atoms with Gasteiger partial charge in [0.25, 0.3) is 0 Å². The van der Waals surface area contributed by atoms with Crippen LogP contribution in [0.15, 0.2) is 15.6 Å². The van der Waals surface area contributed by atoms with Gasteiger partial charge in [0.2, 0.25) is 0 Å². The van der Waals surface area contributed by atoms with Crippen LogP contribution in [0.3, 0.4) is 0 Å². The summed E-state index contributed by atoms with van der Waals surface area (Å²) in [5, 5.41) is 12.5. The second-order valence-corrected chi connectivity index (χ2v) is 4.33. The molecule has 0 aliphatic heterocycles. The van der Waals surface area contributed by atoms with E-state index in [9.17, 15) is 0 Å². The molecule has 3 rings (SSSR count). The lowest BCUT2D eigenvalue weighted by atomic mass is 9.86. The van der Waals surface area contributed by atoms with Gasteiger partial charge in [-0.2, -0.15) is 0 Å². The molecule has 1 heterocycles. The lowest BCUT2D eigenvalue weighted by Crippen LogP contribution is -2.18. The van der Waals surface area contributed by atoms with E-state index in [1.165, 1.54) is 6.42 Å². The Kier molecular flexibility index (Phi) is 1.52. The summed E-state index contributed by atoms with van der Waals surface area (Å²) in [6, 6.07) is 1.99. The van der Waals surface area contributed by atoms with Crippen LogP contribution in [0.1, 0.15) is 42.3 Å². The minimum atomic E-state index is 0.453. The molecule has 1 N–H and O–H groups in total. The van der Waals surface area contributed by atoms with Crippen LogP contribution in [0, 0.1) is 12.8 Å². The third-order valence-electron chi connectivity index (χ3n) is 3.46. The van der Waals surface area contributed by atoms with Crippen LogP contribution in [-0.4, -0.2) is 10.9 Å². The first-order valence-corrected chi connectivity index (χ1v) is 5.12. The van der Waals surface area contributed by atoms with E-state index in [1.807, 2.05) is 13.0 Å². The monoisotopic (exact) mass is 191 g/mol. The smallest absolute Gasteiger partial charge is 0.116 e. The van der Waals surface area contributed by atoms with Gasteiger partial charge in [0.15, 0.2) is 0 Å². The summed E-state index contributed by atoms with van der Waals surface area (Å²) in [5.41, 5.74) is 1.88. The Balaban J connectivity index is 2.21. The lowest BCUT2D eigenvalue weighted by Gasteiger charge is -2.18. The molecule has 1 saturated carbocycles. The van der Waals surface area contributed by atoms with Crippen LogP contribution in [0.2, 0.25) is 0 Å². The molecule has 1 aromatic rings. The van der Waals surface area contributed by atoms with Crippen molar-refractivity contribution in [3.05, 3.63) is 23.2 Å². The second-order valence-electron chi connectivity index (χ2n) is 4.33. The highest BCUT2D eigenvalue weighted by Gasteiger charge is 2.40. The van der Waals surface area contributed by atoms with Crippen molar-refractivity contribution in [1.82, 2.24) is 0 Å². The van der Waals surface area contributed by atoms with Crippen molar-refractivity contribution in [2.24, 2.45) is 11.1 Å². The Morgan fingerprint density at radius 2 is 2.21 bits per heavy atom. The highest BCUT2D eigenvalue weighted by Crippen LogP contribution is 2.47. The van der Waals surface area contributed by atoms with Crippen LogP contribution in [0.5, 0.6) is 0 Å². The fourth-order valence-electron chi connectivity index (χ4n) is 2.86. The SMILES string of the molecule is Cc1cc2c(o1)C1CCC(C1)/C2=N/O. The van der Waals surface area contributed by atoms with Gasteiger partial charge < -0.3 is 9.62 Å². The molecule has 0 spiro atoms. The first kappa shape index (κ1) is 8.09. The molecule has 14 heavy (non-hydrogen) atoms. The number of rotatable bonds is 0. The van der Waals surface area contributed by atoms with Gasteiger partial charge >= 0.3 is 0 Å². The molecule has 3 nitrogen and oxygen atoms in total. The Morgan fingerprint density at radius 1 is 1.43 bits per heavy atom. The zero-order valence-corrected chi connectivity index (χ0v) is 8.16. The van der Waals surface area contributed by atoms with E-state index in [1.54, 1.807) is 0 Å². The zero-order chi connectivity index (χ0) is 9.71. The van der Waals surface area contributed by atoms with Crippen molar-refractivity contribution >= 4 is 5.71 Å². The van der Waals surface area contributed by atoms with Crippen LogP contribution < -0.4 is 0 Å². The second kappa shape index (κ2) is 2.62. The largest absolute Gasteiger partial charge is 0.465 e. The van der Waals surface area contributed by atoms with Crippen LogP contribution in [0.4, 0.5) is 0 Å². The Bertz CT molecular complexity index is 405. The number of hydrogen-bond donors (Lipinski definition) is 1. The number of hydrogen-bond acceptors (Lipinski definition) is 3. The third kappa shape index (κ3) is 0.897. The summed E-state index contributed by atoms with van der Waals surface area (Å²) in [6.07, 6.45) is 3.40. The summed E-state index contributed by atoms with van der Waals surface area (Å²) < 4.78 is 5.68. The number of aryl methyl sites for hydroxylation is 1. The summed E-state index contributed by atoms with van der Waals surface area (Å²) in [5.74, 6) is 2.98. The molecule has 2 bridgehead atoms. The van der Waals surface area contributed by atoms with E-state index in [0.29, 0.717) is 11.8 Å². The van der Waals surface area contributed by atoms with Gasteiger partial charge in [0.05, 0.1) is 5.71 Å². The highest BCUT2D eigenvalue weighted by atomic mass is 16.4. The number of nitrogens with zero attached hydrogens (tertiary/aromatic N) is 1. The van der Waals surface area contributed by atoms with E-state index < -0.39 is 0 Å². The fraction of sp³-hybridized carbons (Fsp3) is 0.545. The molecule has 2 aliphatic carbocycles. The molecule has 1 aromatic heterocycles. The van der Waals surface area contributed by atoms with Crippen LogP contribution in [0.25, 0.3) is 0 Å². The number of furan rings is 1. The van der Waals surface area contributed by atoms with E-state index in [2.05, 4.69) is 5.16 Å². The summed E-state index contributed by atoms with van der Waals surface area (Å²) in [7, 11) is 0. The highest BCUT2D eigenvalue weighted by molar-refractivity contribution is 6.04. The van der Waals surface area contributed by atoms with E-state index >= 15 is 0 Å². The van der Waals surface area contributed by atoms with Crippen molar-refractivity contribution in [3.8, 4) is 0 Å². The standard InChI is InChI=1S/C11H13NO2/c1-6-4-9-10(12-13)7-2-3-8(5-7)11(9)14-6/h4,7-8,13H,2-3,5H2,1H3/b12-10-. The maximum Gasteiger partial charge on any atom is 0.116 e. The molecule has 0 radical (unpaired) electrons. The predicted molar refractivity (Wildman–Crippen MR) is 51.9 cm³/mol. The van der Waals surface area contributed by atoms with Gasteiger partial charge in [-0.05, 0) is 32.3 Å².